The third-order valence-electron chi connectivity index (χ3n) is 4.93. The summed E-state index contributed by atoms with van der Waals surface area (Å²) in [6.45, 7) is 1.23. The SMILES string of the molecule is Nc1cnc(-c2ccccc2F)nc1C(=O)Nc1cnccc1N1CCCC(O)C1. The molecule has 1 atom stereocenters. The van der Waals surface area contributed by atoms with Crippen LogP contribution in [0.2, 0.25) is 0 Å². The van der Waals surface area contributed by atoms with E-state index >= 15 is 0 Å². The number of nitrogen functional groups attached to an aromatic ring is 1. The Morgan fingerprint density at radius 2 is 2.10 bits per heavy atom. The van der Waals surface area contributed by atoms with Crippen molar-refractivity contribution in [3.63, 3.8) is 0 Å². The van der Waals surface area contributed by atoms with Gasteiger partial charge in [0.15, 0.2) is 11.5 Å². The number of carbonyl (C=O) groups excluding carboxylic acids is 1. The molecule has 1 aliphatic heterocycles. The molecule has 3 heterocycles. The number of nitrogens with two attached hydrogens (primary N) is 1. The number of aliphatic hydroxyl groups excluding tert-OH is 1. The van der Waals surface area contributed by atoms with E-state index in [1.54, 1.807) is 24.4 Å². The van der Waals surface area contributed by atoms with Crippen molar-refractivity contribution >= 4 is 23.0 Å². The fraction of sp³-hybridized carbons (Fsp3) is 0.238. The lowest BCUT2D eigenvalue weighted by Gasteiger charge is -2.33. The molecular weight excluding hydrogens is 387 g/mol. The second kappa shape index (κ2) is 8.42. The summed E-state index contributed by atoms with van der Waals surface area (Å²) >= 11 is 0. The van der Waals surface area contributed by atoms with Crippen LogP contribution in [0.5, 0.6) is 0 Å². The zero-order chi connectivity index (χ0) is 21.1. The van der Waals surface area contributed by atoms with Gasteiger partial charge in [-0.2, -0.15) is 0 Å². The first kappa shape index (κ1) is 19.7. The Kier molecular flexibility index (Phi) is 5.53. The first-order chi connectivity index (χ1) is 14.5. The molecule has 1 unspecified atom stereocenters. The highest BCUT2D eigenvalue weighted by molar-refractivity contribution is 6.07. The van der Waals surface area contributed by atoms with Crippen molar-refractivity contribution in [3.05, 3.63) is 60.4 Å². The van der Waals surface area contributed by atoms with E-state index in [1.165, 1.54) is 24.5 Å². The number of nitrogens with zero attached hydrogens (tertiary/aromatic N) is 4. The molecule has 8 nitrogen and oxygen atoms in total. The molecule has 0 aliphatic carbocycles. The van der Waals surface area contributed by atoms with Crippen molar-refractivity contribution < 1.29 is 14.3 Å². The molecule has 0 saturated carbocycles. The number of nitrogens with one attached hydrogen (secondary N) is 1. The van der Waals surface area contributed by atoms with E-state index in [0.717, 1.165) is 25.1 Å². The van der Waals surface area contributed by atoms with Gasteiger partial charge in [-0.05, 0) is 31.0 Å². The van der Waals surface area contributed by atoms with Crippen LogP contribution in [0, 0.1) is 5.82 Å². The molecule has 0 bridgehead atoms. The largest absolute Gasteiger partial charge is 0.396 e. The van der Waals surface area contributed by atoms with Crippen LogP contribution in [0.3, 0.4) is 0 Å². The third-order valence-corrected chi connectivity index (χ3v) is 4.93. The molecule has 30 heavy (non-hydrogen) atoms. The number of halogens is 1. The summed E-state index contributed by atoms with van der Waals surface area (Å²) in [5.41, 5.74) is 7.34. The number of β-amino-alcohol motifs (C(OH)–C–C–N with tert-alkyl or cyclic N) is 1. The number of piperidine rings is 1. The first-order valence-electron chi connectivity index (χ1n) is 9.58. The predicted octanol–water partition coefficient (Wildman–Crippen LogP) is 2.47. The Labute approximate surface area is 172 Å². The van der Waals surface area contributed by atoms with Gasteiger partial charge in [-0.1, -0.05) is 12.1 Å². The maximum Gasteiger partial charge on any atom is 0.276 e. The van der Waals surface area contributed by atoms with E-state index in [9.17, 15) is 14.3 Å². The minimum absolute atomic E-state index is 0.0586. The van der Waals surface area contributed by atoms with Gasteiger partial charge in [-0.3, -0.25) is 9.78 Å². The lowest BCUT2D eigenvalue weighted by Crippen LogP contribution is -2.38. The Hall–Kier alpha value is -3.59. The number of benzene rings is 1. The quantitative estimate of drug-likeness (QED) is 0.607. The minimum atomic E-state index is -0.556. The lowest BCUT2D eigenvalue weighted by atomic mass is 10.1. The van der Waals surface area contributed by atoms with Crippen LogP contribution in [0.1, 0.15) is 23.3 Å². The number of carbonyl (C=O) groups is 1. The number of rotatable bonds is 4. The van der Waals surface area contributed by atoms with Gasteiger partial charge in [0.05, 0.1) is 41.1 Å². The summed E-state index contributed by atoms with van der Waals surface area (Å²) in [6, 6.07) is 7.83. The van der Waals surface area contributed by atoms with Crippen LogP contribution in [-0.2, 0) is 0 Å². The van der Waals surface area contributed by atoms with Crippen LogP contribution in [0.25, 0.3) is 11.4 Å². The molecule has 0 spiro atoms. The molecule has 2 aromatic heterocycles. The van der Waals surface area contributed by atoms with Crippen molar-refractivity contribution in [2.45, 2.75) is 18.9 Å². The standard InChI is InChI=1S/C21H21FN6O2/c22-15-6-2-1-5-14(15)20-25-10-16(23)19(27-20)21(30)26-17-11-24-8-7-18(17)28-9-3-4-13(29)12-28/h1-2,5-8,10-11,13,29H,3-4,9,12,23H2,(H,26,30). The minimum Gasteiger partial charge on any atom is -0.396 e. The van der Waals surface area contributed by atoms with Gasteiger partial charge in [0.25, 0.3) is 5.91 Å². The van der Waals surface area contributed by atoms with E-state index in [1.807, 2.05) is 4.90 Å². The number of hydrogen-bond acceptors (Lipinski definition) is 7. The summed E-state index contributed by atoms with van der Waals surface area (Å²) in [4.78, 5) is 27.3. The molecule has 9 heteroatoms. The van der Waals surface area contributed by atoms with Gasteiger partial charge < -0.3 is 21.1 Å². The molecule has 4 rings (SSSR count). The molecule has 4 N–H and O–H groups in total. The highest BCUT2D eigenvalue weighted by atomic mass is 19.1. The highest BCUT2D eigenvalue weighted by Gasteiger charge is 2.22. The average Bonchev–Trinajstić information content (AvgIpc) is 2.75. The van der Waals surface area contributed by atoms with E-state index in [0.29, 0.717) is 12.2 Å². The van der Waals surface area contributed by atoms with Gasteiger partial charge in [0.1, 0.15) is 5.82 Å². The van der Waals surface area contributed by atoms with E-state index < -0.39 is 17.8 Å². The topological polar surface area (TPSA) is 117 Å². The monoisotopic (exact) mass is 408 g/mol. The summed E-state index contributed by atoms with van der Waals surface area (Å²) < 4.78 is 14.1. The van der Waals surface area contributed by atoms with Gasteiger partial charge in [-0.15, -0.1) is 0 Å². The normalized spacial score (nSPS) is 16.3. The second-order valence-electron chi connectivity index (χ2n) is 7.07. The molecule has 1 amide bonds. The summed E-state index contributed by atoms with van der Waals surface area (Å²) in [5, 5.41) is 12.8. The molecule has 3 aromatic rings. The zero-order valence-corrected chi connectivity index (χ0v) is 16.1. The second-order valence-corrected chi connectivity index (χ2v) is 7.07. The van der Waals surface area contributed by atoms with Crippen molar-refractivity contribution in [1.29, 1.82) is 0 Å². The number of aliphatic hydroxyl groups is 1. The number of hydrogen-bond donors (Lipinski definition) is 3. The Morgan fingerprint density at radius 1 is 1.27 bits per heavy atom. The van der Waals surface area contributed by atoms with E-state index in [4.69, 9.17) is 5.73 Å². The Morgan fingerprint density at radius 3 is 2.90 bits per heavy atom. The summed E-state index contributed by atoms with van der Waals surface area (Å²) in [5.74, 6) is -0.982. The van der Waals surface area contributed by atoms with Crippen LogP contribution >= 0.6 is 0 Å². The smallest absolute Gasteiger partial charge is 0.276 e. The summed E-state index contributed by atoms with van der Waals surface area (Å²) in [7, 11) is 0. The lowest BCUT2D eigenvalue weighted by molar-refractivity contribution is 0.102. The van der Waals surface area contributed by atoms with Crippen LogP contribution in [0.15, 0.2) is 48.9 Å². The Balaban J connectivity index is 1.62. The predicted molar refractivity (Wildman–Crippen MR) is 111 cm³/mol. The van der Waals surface area contributed by atoms with Gasteiger partial charge in [-0.25, -0.2) is 14.4 Å². The number of anilines is 3. The molecule has 1 saturated heterocycles. The van der Waals surface area contributed by atoms with Crippen molar-refractivity contribution in [2.75, 3.05) is 29.0 Å². The number of amides is 1. The van der Waals surface area contributed by atoms with Gasteiger partial charge >= 0.3 is 0 Å². The van der Waals surface area contributed by atoms with E-state index in [-0.39, 0.29) is 22.8 Å². The van der Waals surface area contributed by atoms with E-state index in [2.05, 4.69) is 20.3 Å². The van der Waals surface area contributed by atoms with Crippen molar-refractivity contribution in [3.8, 4) is 11.4 Å². The van der Waals surface area contributed by atoms with Crippen LogP contribution in [-0.4, -0.2) is 45.2 Å². The molecule has 0 radical (unpaired) electrons. The summed E-state index contributed by atoms with van der Waals surface area (Å²) in [6.07, 6.45) is 5.62. The fourth-order valence-corrected chi connectivity index (χ4v) is 3.46. The van der Waals surface area contributed by atoms with Crippen molar-refractivity contribution in [2.24, 2.45) is 0 Å². The maximum atomic E-state index is 14.1. The number of aromatic nitrogens is 3. The average molecular weight is 408 g/mol. The Bertz CT molecular complexity index is 1080. The molecule has 154 valence electrons. The van der Waals surface area contributed by atoms with Crippen molar-refractivity contribution in [1.82, 2.24) is 15.0 Å². The zero-order valence-electron chi connectivity index (χ0n) is 16.1. The van der Waals surface area contributed by atoms with Crippen LogP contribution < -0.4 is 16.0 Å². The fourth-order valence-electron chi connectivity index (χ4n) is 3.46. The van der Waals surface area contributed by atoms with Gasteiger partial charge in [0.2, 0.25) is 0 Å². The van der Waals surface area contributed by atoms with Crippen LogP contribution in [0.4, 0.5) is 21.5 Å². The molecule has 1 aromatic carbocycles. The molecule has 1 fully saturated rings. The first-order valence-corrected chi connectivity index (χ1v) is 9.58. The molecule has 1 aliphatic rings. The highest BCUT2D eigenvalue weighted by Crippen LogP contribution is 2.28. The molecular formula is C21H21FN6O2. The third kappa shape index (κ3) is 4.06. The number of pyridine rings is 1. The maximum absolute atomic E-state index is 14.1. The van der Waals surface area contributed by atoms with Gasteiger partial charge in [0, 0.05) is 19.3 Å².